The fraction of sp³-hybridized carbons (Fsp3) is 0.182. The summed E-state index contributed by atoms with van der Waals surface area (Å²) in [7, 11) is -3.62. The fourth-order valence-corrected chi connectivity index (χ4v) is 4.30. The number of benzene rings is 3. The summed E-state index contributed by atoms with van der Waals surface area (Å²) in [5, 5.41) is 0.627. The standard InChI is InChI=1S/C22H22ClNO2S/c1-17-7-14-21(15-8-17)27(25,26)24-22(19-10-12-20(23)13-11-19)16-9-18-5-3-2-4-6-18/h2-8,10-15,22,24H,9,16H2,1H3. The Morgan fingerprint density at radius 1 is 0.889 bits per heavy atom. The lowest BCUT2D eigenvalue weighted by Crippen LogP contribution is -2.29. The Morgan fingerprint density at radius 2 is 1.52 bits per heavy atom. The van der Waals surface area contributed by atoms with Crippen LogP contribution in [0.5, 0.6) is 0 Å². The van der Waals surface area contributed by atoms with E-state index in [4.69, 9.17) is 11.6 Å². The molecule has 3 aromatic carbocycles. The van der Waals surface area contributed by atoms with E-state index < -0.39 is 10.0 Å². The maximum absolute atomic E-state index is 12.9. The molecule has 3 aromatic rings. The number of halogens is 1. The molecule has 0 fully saturated rings. The molecular formula is C22H22ClNO2S. The van der Waals surface area contributed by atoms with E-state index in [0.29, 0.717) is 11.4 Å². The minimum Gasteiger partial charge on any atom is -0.207 e. The zero-order valence-corrected chi connectivity index (χ0v) is 16.7. The van der Waals surface area contributed by atoms with Gasteiger partial charge in [0, 0.05) is 11.1 Å². The minimum absolute atomic E-state index is 0.270. The van der Waals surface area contributed by atoms with Crippen molar-refractivity contribution in [1.29, 1.82) is 0 Å². The molecule has 140 valence electrons. The molecular weight excluding hydrogens is 378 g/mol. The Morgan fingerprint density at radius 3 is 2.15 bits per heavy atom. The van der Waals surface area contributed by atoms with E-state index in [2.05, 4.69) is 4.72 Å². The first-order valence-electron chi connectivity index (χ1n) is 8.82. The molecule has 1 atom stereocenters. The van der Waals surface area contributed by atoms with E-state index in [1.807, 2.05) is 49.4 Å². The predicted molar refractivity (Wildman–Crippen MR) is 110 cm³/mol. The van der Waals surface area contributed by atoms with Gasteiger partial charge in [0.25, 0.3) is 0 Å². The lowest BCUT2D eigenvalue weighted by Gasteiger charge is -2.20. The van der Waals surface area contributed by atoms with Gasteiger partial charge in [0.05, 0.1) is 4.90 Å². The average Bonchev–Trinajstić information content (AvgIpc) is 2.67. The molecule has 0 saturated carbocycles. The van der Waals surface area contributed by atoms with Gasteiger partial charge >= 0.3 is 0 Å². The first-order chi connectivity index (χ1) is 12.9. The highest BCUT2D eigenvalue weighted by Gasteiger charge is 2.21. The van der Waals surface area contributed by atoms with E-state index in [9.17, 15) is 8.42 Å². The van der Waals surface area contributed by atoms with Crippen LogP contribution in [0.1, 0.15) is 29.2 Å². The molecule has 0 radical (unpaired) electrons. The fourth-order valence-electron chi connectivity index (χ4n) is 2.92. The van der Waals surface area contributed by atoms with Crippen LogP contribution in [0.4, 0.5) is 0 Å². The molecule has 0 heterocycles. The van der Waals surface area contributed by atoms with Crippen LogP contribution in [0, 0.1) is 6.92 Å². The summed E-state index contributed by atoms with van der Waals surface area (Å²) >= 11 is 5.99. The molecule has 5 heteroatoms. The third kappa shape index (κ3) is 5.42. The van der Waals surface area contributed by atoms with Gasteiger partial charge in [-0.05, 0) is 55.2 Å². The zero-order chi connectivity index (χ0) is 19.3. The van der Waals surface area contributed by atoms with E-state index >= 15 is 0 Å². The van der Waals surface area contributed by atoms with Crippen LogP contribution in [0.2, 0.25) is 5.02 Å². The van der Waals surface area contributed by atoms with Gasteiger partial charge in [-0.3, -0.25) is 0 Å². The summed E-state index contributed by atoms with van der Waals surface area (Å²) in [4.78, 5) is 0.270. The summed E-state index contributed by atoms with van der Waals surface area (Å²) in [5.41, 5.74) is 3.09. The Bertz CT molecular complexity index is 969. The molecule has 1 N–H and O–H groups in total. The quantitative estimate of drug-likeness (QED) is 0.585. The summed E-state index contributed by atoms with van der Waals surface area (Å²) in [6.45, 7) is 1.93. The Labute approximate surface area is 166 Å². The Balaban J connectivity index is 1.84. The van der Waals surface area contributed by atoms with Gasteiger partial charge in [-0.2, -0.15) is 0 Å². The van der Waals surface area contributed by atoms with Crippen molar-refractivity contribution < 1.29 is 8.42 Å². The molecule has 0 spiro atoms. The zero-order valence-electron chi connectivity index (χ0n) is 15.1. The van der Waals surface area contributed by atoms with E-state index in [1.54, 1.807) is 36.4 Å². The number of aryl methyl sites for hydroxylation is 2. The monoisotopic (exact) mass is 399 g/mol. The normalized spacial score (nSPS) is 12.7. The lowest BCUT2D eigenvalue weighted by atomic mass is 10.00. The molecule has 3 rings (SSSR count). The van der Waals surface area contributed by atoms with Gasteiger partial charge < -0.3 is 0 Å². The molecule has 3 nitrogen and oxygen atoms in total. The lowest BCUT2D eigenvalue weighted by molar-refractivity contribution is 0.539. The van der Waals surface area contributed by atoms with Crippen LogP contribution < -0.4 is 4.72 Å². The van der Waals surface area contributed by atoms with E-state index in [0.717, 1.165) is 17.5 Å². The van der Waals surface area contributed by atoms with Crippen LogP contribution in [0.15, 0.2) is 83.8 Å². The van der Waals surface area contributed by atoms with Crippen LogP contribution in [-0.2, 0) is 16.4 Å². The summed E-state index contributed by atoms with van der Waals surface area (Å²) in [5.74, 6) is 0. The number of nitrogens with one attached hydrogen (secondary N) is 1. The van der Waals surface area contributed by atoms with E-state index in [1.165, 1.54) is 5.56 Å². The van der Waals surface area contributed by atoms with Gasteiger partial charge in [0.2, 0.25) is 10.0 Å². The SMILES string of the molecule is Cc1ccc(S(=O)(=O)NC(CCc2ccccc2)c2ccc(Cl)cc2)cc1. The molecule has 1 unspecified atom stereocenters. The average molecular weight is 400 g/mol. The maximum atomic E-state index is 12.9. The first-order valence-corrected chi connectivity index (χ1v) is 10.7. The highest BCUT2D eigenvalue weighted by atomic mass is 35.5. The highest BCUT2D eigenvalue weighted by Crippen LogP contribution is 2.24. The Kier molecular flexibility index (Phi) is 6.32. The highest BCUT2D eigenvalue weighted by molar-refractivity contribution is 7.89. The largest absolute Gasteiger partial charge is 0.241 e. The molecule has 0 aromatic heterocycles. The predicted octanol–water partition coefficient (Wildman–Crippen LogP) is 5.30. The van der Waals surface area contributed by atoms with Crippen LogP contribution in [0.25, 0.3) is 0 Å². The van der Waals surface area contributed by atoms with Gasteiger partial charge in [0.1, 0.15) is 0 Å². The third-order valence-electron chi connectivity index (χ3n) is 4.47. The molecule has 0 amide bonds. The van der Waals surface area contributed by atoms with Crippen molar-refractivity contribution in [2.45, 2.75) is 30.7 Å². The topological polar surface area (TPSA) is 46.2 Å². The van der Waals surface area contributed by atoms with Crippen molar-refractivity contribution in [3.8, 4) is 0 Å². The smallest absolute Gasteiger partial charge is 0.207 e. The van der Waals surface area contributed by atoms with Crippen molar-refractivity contribution in [3.05, 3.63) is 101 Å². The second-order valence-electron chi connectivity index (χ2n) is 6.56. The number of sulfonamides is 1. The first kappa shape index (κ1) is 19.6. The van der Waals surface area contributed by atoms with Crippen LogP contribution in [0.3, 0.4) is 0 Å². The second kappa shape index (κ2) is 8.70. The van der Waals surface area contributed by atoms with Crippen LogP contribution in [-0.4, -0.2) is 8.42 Å². The summed E-state index contributed by atoms with van der Waals surface area (Å²) in [6.07, 6.45) is 1.42. The van der Waals surface area contributed by atoms with Crippen molar-refractivity contribution in [2.75, 3.05) is 0 Å². The van der Waals surface area contributed by atoms with Gasteiger partial charge in [-0.25, -0.2) is 13.1 Å². The number of hydrogen-bond donors (Lipinski definition) is 1. The van der Waals surface area contributed by atoms with Gasteiger partial charge in [-0.1, -0.05) is 71.8 Å². The molecule has 0 aliphatic heterocycles. The summed E-state index contributed by atoms with van der Waals surface area (Å²) < 4.78 is 28.6. The molecule has 27 heavy (non-hydrogen) atoms. The molecule has 0 saturated heterocycles. The minimum atomic E-state index is -3.62. The summed E-state index contributed by atoms with van der Waals surface area (Å²) in [6, 6.07) is 23.9. The second-order valence-corrected chi connectivity index (χ2v) is 8.71. The molecule has 0 bridgehead atoms. The van der Waals surface area contributed by atoms with Crippen molar-refractivity contribution >= 4 is 21.6 Å². The Hall–Kier alpha value is -2.14. The van der Waals surface area contributed by atoms with Gasteiger partial charge in [0.15, 0.2) is 0 Å². The van der Waals surface area contributed by atoms with Crippen molar-refractivity contribution in [1.82, 2.24) is 4.72 Å². The van der Waals surface area contributed by atoms with Crippen LogP contribution >= 0.6 is 11.6 Å². The van der Waals surface area contributed by atoms with E-state index in [-0.39, 0.29) is 10.9 Å². The maximum Gasteiger partial charge on any atom is 0.241 e. The van der Waals surface area contributed by atoms with Gasteiger partial charge in [-0.15, -0.1) is 0 Å². The number of rotatable bonds is 7. The third-order valence-corrected chi connectivity index (χ3v) is 6.21. The van der Waals surface area contributed by atoms with Crippen molar-refractivity contribution in [3.63, 3.8) is 0 Å². The molecule has 0 aliphatic carbocycles. The molecule has 0 aliphatic rings. The van der Waals surface area contributed by atoms with Crippen molar-refractivity contribution in [2.24, 2.45) is 0 Å². The number of hydrogen-bond acceptors (Lipinski definition) is 2.